The Hall–Kier alpha value is -1.91. The van der Waals surface area contributed by atoms with Crippen LogP contribution in [0, 0.1) is 18.6 Å². The number of nitrogens with zero attached hydrogens (tertiary/aromatic N) is 2. The fourth-order valence-electron chi connectivity index (χ4n) is 1.54. The molecule has 0 amide bonds. The van der Waals surface area contributed by atoms with Crippen LogP contribution < -0.4 is 5.73 Å². The first-order chi connectivity index (χ1) is 7.56. The van der Waals surface area contributed by atoms with Gasteiger partial charge < -0.3 is 10.3 Å². The third-order valence-corrected chi connectivity index (χ3v) is 2.28. The quantitative estimate of drug-likeness (QED) is 0.847. The molecule has 1 aromatic carbocycles. The highest BCUT2D eigenvalue weighted by Crippen LogP contribution is 2.14. The van der Waals surface area contributed by atoms with Gasteiger partial charge in [0.15, 0.2) is 0 Å². The van der Waals surface area contributed by atoms with Gasteiger partial charge in [0.25, 0.3) is 0 Å². The van der Waals surface area contributed by atoms with Gasteiger partial charge in [-0.05, 0) is 25.1 Å². The molecule has 0 unspecified atom stereocenters. The lowest BCUT2D eigenvalue weighted by atomic mass is 10.2. The molecule has 2 rings (SSSR count). The van der Waals surface area contributed by atoms with Gasteiger partial charge in [-0.25, -0.2) is 13.8 Å². The number of nitrogen functional groups attached to an aromatic ring is 1. The molecule has 1 aromatic heterocycles. The number of imidazole rings is 1. The highest BCUT2D eigenvalue weighted by atomic mass is 19.1. The van der Waals surface area contributed by atoms with Crippen LogP contribution in [0.5, 0.6) is 0 Å². The van der Waals surface area contributed by atoms with Crippen molar-refractivity contribution in [2.75, 3.05) is 5.73 Å². The average molecular weight is 223 g/mol. The molecule has 0 aliphatic heterocycles. The molecule has 0 bridgehead atoms. The SMILES string of the molecule is Cc1cn(Cc2cc(F)ccc2F)c(N)n1. The van der Waals surface area contributed by atoms with Crippen molar-refractivity contribution >= 4 is 5.95 Å². The van der Waals surface area contributed by atoms with Crippen molar-refractivity contribution < 1.29 is 8.78 Å². The van der Waals surface area contributed by atoms with Crippen LogP contribution in [0.1, 0.15) is 11.3 Å². The number of anilines is 1. The van der Waals surface area contributed by atoms with E-state index < -0.39 is 11.6 Å². The first kappa shape index (κ1) is 10.6. The maximum absolute atomic E-state index is 13.4. The predicted molar refractivity (Wildman–Crippen MR) is 56.8 cm³/mol. The van der Waals surface area contributed by atoms with Crippen LogP contribution in [0.25, 0.3) is 0 Å². The summed E-state index contributed by atoms with van der Waals surface area (Å²) >= 11 is 0. The first-order valence-electron chi connectivity index (χ1n) is 4.79. The molecule has 0 saturated carbocycles. The Balaban J connectivity index is 2.33. The number of hydrogen-bond donors (Lipinski definition) is 1. The van der Waals surface area contributed by atoms with E-state index in [1.54, 1.807) is 17.7 Å². The number of aromatic nitrogens is 2. The van der Waals surface area contributed by atoms with Crippen molar-refractivity contribution in [3.63, 3.8) is 0 Å². The highest BCUT2D eigenvalue weighted by molar-refractivity contribution is 5.26. The van der Waals surface area contributed by atoms with Crippen LogP contribution in [-0.2, 0) is 6.54 Å². The molecule has 0 aliphatic carbocycles. The molecule has 2 N–H and O–H groups in total. The van der Waals surface area contributed by atoms with Crippen LogP contribution in [0.4, 0.5) is 14.7 Å². The van der Waals surface area contributed by atoms with Gasteiger partial charge in [-0.2, -0.15) is 0 Å². The molecule has 5 heteroatoms. The Morgan fingerprint density at radius 2 is 2.12 bits per heavy atom. The predicted octanol–water partition coefficient (Wildman–Crippen LogP) is 2.10. The average Bonchev–Trinajstić information content (AvgIpc) is 2.51. The van der Waals surface area contributed by atoms with Crippen molar-refractivity contribution in [1.29, 1.82) is 0 Å². The van der Waals surface area contributed by atoms with Gasteiger partial charge in [-0.1, -0.05) is 0 Å². The van der Waals surface area contributed by atoms with Crippen molar-refractivity contribution in [2.45, 2.75) is 13.5 Å². The number of rotatable bonds is 2. The van der Waals surface area contributed by atoms with Crippen molar-refractivity contribution in [1.82, 2.24) is 9.55 Å². The van der Waals surface area contributed by atoms with Crippen LogP contribution in [0.3, 0.4) is 0 Å². The Bertz CT molecular complexity index is 520. The maximum Gasteiger partial charge on any atom is 0.200 e. The van der Waals surface area contributed by atoms with Gasteiger partial charge in [-0.3, -0.25) is 0 Å². The zero-order valence-corrected chi connectivity index (χ0v) is 8.74. The standard InChI is InChI=1S/C11H11F2N3/c1-7-5-16(11(14)15-7)6-8-4-9(12)2-3-10(8)13/h2-5H,6H2,1H3,(H2,14,15). The smallest absolute Gasteiger partial charge is 0.200 e. The monoisotopic (exact) mass is 223 g/mol. The second-order valence-electron chi connectivity index (χ2n) is 3.60. The number of aryl methyl sites for hydroxylation is 1. The summed E-state index contributed by atoms with van der Waals surface area (Å²) in [5.41, 5.74) is 6.61. The van der Waals surface area contributed by atoms with E-state index in [0.29, 0.717) is 5.95 Å². The van der Waals surface area contributed by atoms with E-state index in [1.165, 1.54) is 0 Å². The van der Waals surface area contributed by atoms with E-state index in [2.05, 4.69) is 4.98 Å². The molecule has 0 saturated heterocycles. The first-order valence-corrected chi connectivity index (χ1v) is 4.79. The van der Waals surface area contributed by atoms with E-state index in [0.717, 1.165) is 23.9 Å². The summed E-state index contributed by atoms with van der Waals surface area (Å²) in [6.45, 7) is 1.96. The summed E-state index contributed by atoms with van der Waals surface area (Å²) in [7, 11) is 0. The minimum atomic E-state index is -0.466. The van der Waals surface area contributed by atoms with Crippen LogP contribution >= 0.6 is 0 Å². The molecule has 0 aliphatic rings. The highest BCUT2D eigenvalue weighted by Gasteiger charge is 2.07. The van der Waals surface area contributed by atoms with Gasteiger partial charge in [0.05, 0.1) is 12.2 Å². The summed E-state index contributed by atoms with van der Waals surface area (Å²) in [5, 5.41) is 0. The molecular formula is C11H11F2N3. The summed E-state index contributed by atoms with van der Waals surface area (Å²) in [4.78, 5) is 3.98. The Morgan fingerprint density at radius 3 is 2.75 bits per heavy atom. The van der Waals surface area contributed by atoms with Crippen LogP contribution in [0.2, 0.25) is 0 Å². The normalized spacial score (nSPS) is 10.7. The molecule has 0 fully saturated rings. The maximum atomic E-state index is 13.4. The molecule has 1 heterocycles. The van der Waals surface area contributed by atoms with Gasteiger partial charge in [0.2, 0.25) is 5.95 Å². The molecule has 0 radical (unpaired) electrons. The number of benzene rings is 1. The lowest BCUT2D eigenvalue weighted by Crippen LogP contribution is -2.05. The van der Waals surface area contributed by atoms with Gasteiger partial charge >= 0.3 is 0 Å². The second kappa shape index (κ2) is 3.92. The van der Waals surface area contributed by atoms with Gasteiger partial charge in [0, 0.05) is 11.8 Å². The zero-order chi connectivity index (χ0) is 11.7. The largest absolute Gasteiger partial charge is 0.369 e. The Morgan fingerprint density at radius 1 is 1.38 bits per heavy atom. The van der Waals surface area contributed by atoms with Gasteiger partial charge in [0.1, 0.15) is 11.6 Å². The van der Waals surface area contributed by atoms with E-state index in [9.17, 15) is 8.78 Å². The lowest BCUT2D eigenvalue weighted by molar-refractivity contribution is 0.578. The summed E-state index contributed by atoms with van der Waals surface area (Å²) in [6, 6.07) is 3.34. The van der Waals surface area contributed by atoms with E-state index >= 15 is 0 Å². The van der Waals surface area contributed by atoms with E-state index in [1.807, 2.05) is 0 Å². The third kappa shape index (κ3) is 2.03. The fourth-order valence-corrected chi connectivity index (χ4v) is 1.54. The molecule has 0 spiro atoms. The van der Waals surface area contributed by atoms with Crippen molar-refractivity contribution in [3.05, 3.63) is 47.3 Å². The molecule has 0 atom stereocenters. The van der Waals surface area contributed by atoms with Crippen LogP contribution in [-0.4, -0.2) is 9.55 Å². The minimum Gasteiger partial charge on any atom is -0.369 e. The summed E-state index contributed by atoms with van der Waals surface area (Å²) in [5.74, 6) is -0.625. The zero-order valence-electron chi connectivity index (χ0n) is 8.74. The molecule has 2 aromatic rings. The van der Waals surface area contributed by atoms with Crippen molar-refractivity contribution in [3.8, 4) is 0 Å². The van der Waals surface area contributed by atoms with Gasteiger partial charge in [-0.15, -0.1) is 0 Å². The number of halogens is 2. The minimum absolute atomic E-state index is 0.177. The van der Waals surface area contributed by atoms with Crippen molar-refractivity contribution in [2.24, 2.45) is 0 Å². The van der Waals surface area contributed by atoms with Crippen LogP contribution in [0.15, 0.2) is 24.4 Å². The number of nitrogens with two attached hydrogens (primary N) is 1. The lowest BCUT2D eigenvalue weighted by Gasteiger charge is -2.05. The Labute approximate surface area is 91.5 Å². The van der Waals surface area contributed by atoms with E-state index in [-0.39, 0.29) is 12.1 Å². The summed E-state index contributed by atoms with van der Waals surface area (Å²) in [6.07, 6.45) is 1.69. The third-order valence-electron chi connectivity index (χ3n) is 2.28. The van der Waals surface area contributed by atoms with E-state index in [4.69, 9.17) is 5.73 Å². The fraction of sp³-hybridized carbons (Fsp3) is 0.182. The molecule has 84 valence electrons. The molecular weight excluding hydrogens is 212 g/mol. The topological polar surface area (TPSA) is 43.8 Å². The second-order valence-corrected chi connectivity index (χ2v) is 3.60. The molecule has 16 heavy (non-hydrogen) atoms. The number of hydrogen-bond acceptors (Lipinski definition) is 2. The molecule has 3 nitrogen and oxygen atoms in total. The Kier molecular flexibility index (Phi) is 2.60. The summed E-state index contributed by atoms with van der Waals surface area (Å²) < 4.78 is 27.9.